The fourth-order valence-corrected chi connectivity index (χ4v) is 7.99. The van der Waals surface area contributed by atoms with Crippen molar-refractivity contribution in [2.45, 2.75) is 43.0 Å². The number of benzene rings is 5. The zero-order chi connectivity index (χ0) is 38.7. The first-order valence-electron chi connectivity index (χ1n) is 18.4. The van der Waals surface area contributed by atoms with Gasteiger partial charge in [-0.3, -0.25) is 19.7 Å². The lowest BCUT2D eigenvalue weighted by molar-refractivity contribution is -0.141. The number of anilines is 1. The maximum Gasteiger partial charge on any atom is 0.411 e. The Kier molecular flexibility index (Phi) is 13.0. The normalized spacial score (nSPS) is 12.4. The van der Waals surface area contributed by atoms with E-state index in [0.29, 0.717) is 11.4 Å². The maximum absolute atomic E-state index is 13.9. The lowest BCUT2D eigenvalue weighted by Crippen LogP contribution is -2.50. The molecule has 0 unspecified atom stereocenters. The van der Waals surface area contributed by atoms with E-state index >= 15 is 0 Å². The molecule has 9 nitrogen and oxygen atoms in total. The van der Waals surface area contributed by atoms with Gasteiger partial charge in [0.1, 0.15) is 19.2 Å². The van der Waals surface area contributed by atoms with Gasteiger partial charge in [-0.2, -0.15) is 0 Å². The molecule has 0 bridgehead atoms. The molecule has 0 aromatic heterocycles. The monoisotopic (exact) mass is 755 g/mol. The molecule has 1 atom stereocenters. The first-order chi connectivity index (χ1) is 26.7. The molecule has 6 rings (SSSR count). The zero-order valence-electron chi connectivity index (χ0n) is 31.1. The fraction of sp³-hybridized carbons (Fsp3) is 0.244. The predicted molar refractivity (Wildman–Crippen MR) is 216 cm³/mol. The summed E-state index contributed by atoms with van der Waals surface area (Å²) in [6, 6.07) is 41.8. The highest BCUT2D eigenvalue weighted by molar-refractivity contribution is 7.99. The Morgan fingerprint density at radius 2 is 1.31 bits per heavy atom. The standard InChI is InChI=1S/C45H45N3O6S/c1-29(2)42(44(51)46-27-40(50)53-3)47-39(49)25-26-55-38-24-14-23-36(41(30-15-6-4-7-16-30)31-17-8-5-9-18-31)43(38)48-45(52)54-28-37-34-21-12-10-19-32(34)33-20-11-13-22-35(33)37/h4-24,29,37,41-42H,25-28H2,1-3H3,(H,46,51)(H,47,49)(H,48,52)/t42-/m1/s1. The van der Waals surface area contributed by atoms with Crippen LogP contribution in [-0.4, -0.2) is 55.9 Å². The third kappa shape index (κ3) is 9.45. The Bertz CT molecular complexity index is 2040. The number of thioether (sulfide) groups is 1. The van der Waals surface area contributed by atoms with Crippen LogP contribution in [0.25, 0.3) is 11.1 Å². The SMILES string of the molecule is COC(=O)CNC(=O)[C@H](NC(=O)CCSc1cccc(C(c2ccccc2)c2ccccc2)c1NC(=O)OCC1c2ccccc2-c2ccccc21)C(C)C. The number of ether oxygens (including phenoxy) is 2. The number of nitrogens with one attached hydrogen (secondary N) is 3. The van der Waals surface area contributed by atoms with E-state index in [2.05, 4.69) is 69.2 Å². The highest BCUT2D eigenvalue weighted by Crippen LogP contribution is 2.45. The number of rotatable bonds is 15. The number of hydrogen-bond donors (Lipinski definition) is 3. The molecular weight excluding hydrogens is 711 g/mol. The van der Waals surface area contributed by atoms with Crippen LogP contribution in [0.3, 0.4) is 0 Å². The van der Waals surface area contributed by atoms with Crippen LogP contribution in [-0.2, 0) is 23.9 Å². The molecule has 5 aromatic rings. The minimum absolute atomic E-state index is 0.0978. The minimum atomic E-state index is -0.825. The number of esters is 1. The van der Waals surface area contributed by atoms with Gasteiger partial charge in [-0.25, -0.2) is 4.79 Å². The van der Waals surface area contributed by atoms with Crippen molar-refractivity contribution >= 4 is 41.3 Å². The summed E-state index contributed by atoms with van der Waals surface area (Å²) in [4.78, 5) is 52.1. The van der Waals surface area contributed by atoms with E-state index in [4.69, 9.17) is 4.74 Å². The van der Waals surface area contributed by atoms with Crippen LogP contribution < -0.4 is 16.0 Å². The predicted octanol–water partition coefficient (Wildman–Crippen LogP) is 8.14. The van der Waals surface area contributed by atoms with Crippen molar-refractivity contribution in [2.75, 3.05) is 31.3 Å². The summed E-state index contributed by atoms with van der Waals surface area (Å²) in [6.45, 7) is 3.52. The van der Waals surface area contributed by atoms with Gasteiger partial charge in [0, 0.05) is 28.9 Å². The van der Waals surface area contributed by atoms with E-state index in [1.54, 1.807) is 0 Å². The molecule has 0 aliphatic heterocycles. The molecule has 0 fully saturated rings. The molecule has 0 radical (unpaired) electrons. The van der Waals surface area contributed by atoms with Gasteiger partial charge in [0.05, 0.1) is 12.8 Å². The minimum Gasteiger partial charge on any atom is -0.468 e. The Balaban J connectivity index is 1.24. The molecular formula is C45H45N3O6S. The number of hydrogen-bond acceptors (Lipinski definition) is 7. The number of methoxy groups -OCH3 is 1. The van der Waals surface area contributed by atoms with Crippen LogP contribution in [0.1, 0.15) is 59.9 Å². The van der Waals surface area contributed by atoms with E-state index in [1.165, 1.54) is 18.9 Å². The van der Waals surface area contributed by atoms with Crippen molar-refractivity contribution < 1.29 is 28.7 Å². The van der Waals surface area contributed by atoms with Gasteiger partial charge in [-0.05, 0) is 50.9 Å². The molecule has 0 saturated heterocycles. The highest BCUT2D eigenvalue weighted by Gasteiger charge is 2.30. The number of amides is 3. The van der Waals surface area contributed by atoms with Gasteiger partial charge >= 0.3 is 12.1 Å². The molecule has 282 valence electrons. The van der Waals surface area contributed by atoms with Crippen molar-refractivity contribution in [3.63, 3.8) is 0 Å². The van der Waals surface area contributed by atoms with Crippen LogP contribution in [0.15, 0.2) is 132 Å². The van der Waals surface area contributed by atoms with E-state index in [0.717, 1.165) is 43.8 Å². The van der Waals surface area contributed by atoms with E-state index in [1.807, 2.05) is 92.7 Å². The Labute approximate surface area is 326 Å². The smallest absolute Gasteiger partial charge is 0.411 e. The van der Waals surface area contributed by atoms with Gasteiger partial charge in [-0.15, -0.1) is 11.8 Å². The largest absolute Gasteiger partial charge is 0.468 e. The summed E-state index contributed by atoms with van der Waals surface area (Å²) in [5.41, 5.74) is 8.13. The van der Waals surface area contributed by atoms with Gasteiger partial charge in [0.15, 0.2) is 0 Å². The Hall–Kier alpha value is -5.87. The van der Waals surface area contributed by atoms with Crippen LogP contribution in [0.2, 0.25) is 0 Å². The molecule has 0 heterocycles. The number of para-hydroxylation sites is 1. The molecule has 1 aliphatic rings. The quantitative estimate of drug-likeness (QED) is 0.0560. The molecule has 55 heavy (non-hydrogen) atoms. The summed E-state index contributed by atoms with van der Waals surface area (Å²) in [5, 5.41) is 8.47. The molecule has 0 saturated carbocycles. The van der Waals surface area contributed by atoms with Crippen LogP contribution in [0.4, 0.5) is 10.5 Å². The molecule has 10 heteroatoms. The van der Waals surface area contributed by atoms with Gasteiger partial charge in [0.2, 0.25) is 11.8 Å². The van der Waals surface area contributed by atoms with E-state index in [9.17, 15) is 19.2 Å². The lowest BCUT2D eigenvalue weighted by Gasteiger charge is -2.24. The molecule has 3 N–H and O–H groups in total. The van der Waals surface area contributed by atoms with Crippen LogP contribution >= 0.6 is 11.8 Å². The van der Waals surface area contributed by atoms with Gasteiger partial charge in [0.25, 0.3) is 0 Å². The van der Waals surface area contributed by atoms with Gasteiger partial charge < -0.3 is 20.1 Å². The van der Waals surface area contributed by atoms with Crippen LogP contribution in [0, 0.1) is 5.92 Å². The van der Waals surface area contributed by atoms with E-state index < -0.39 is 24.0 Å². The number of carbonyl (C=O) groups excluding carboxylic acids is 4. The zero-order valence-corrected chi connectivity index (χ0v) is 31.9. The van der Waals surface area contributed by atoms with Crippen molar-refractivity contribution in [1.29, 1.82) is 0 Å². The third-order valence-electron chi connectivity index (χ3n) is 9.69. The second kappa shape index (κ2) is 18.4. The number of carbonyl (C=O) groups is 4. The number of fused-ring (bicyclic) bond motifs is 3. The average Bonchev–Trinajstić information content (AvgIpc) is 3.53. The lowest BCUT2D eigenvalue weighted by atomic mass is 9.84. The topological polar surface area (TPSA) is 123 Å². The maximum atomic E-state index is 13.9. The van der Waals surface area contributed by atoms with Crippen molar-refractivity contribution in [3.05, 3.63) is 155 Å². The van der Waals surface area contributed by atoms with E-state index in [-0.39, 0.29) is 43.2 Å². The Morgan fingerprint density at radius 1 is 0.727 bits per heavy atom. The fourth-order valence-electron chi connectivity index (χ4n) is 7.00. The molecule has 0 spiro atoms. The van der Waals surface area contributed by atoms with Crippen molar-refractivity contribution in [3.8, 4) is 11.1 Å². The summed E-state index contributed by atoms with van der Waals surface area (Å²) < 4.78 is 10.6. The highest BCUT2D eigenvalue weighted by atomic mass is 32.2. The first-order valence-corrected chi connectivity index (χ1v) is 19.3. The average molecular weight is 756 g/mol. The summed E-state index contributed by atoms with van der Waals surface area (Å²) in [6.07, 6.45) is -0.473. The second-order valence-corrected chi connectivity index (χ2v) is 14.7. The second-order valence-electron chi connectivity index (χ2n) is 13.6. The molecule has 3 amide bonds. The summed E-state index contributed by atoms with van der Waals surface area (Å²) >= 11 is 1.43. The Morgan fingerprint density at radius 3 is 1.89 bits per heavy atom. The third-order valence-corrected chi connectivity index (χ3v) is 10.8. The van der Waals surface area contributed by atoms with Gasteiger partial charge in [-0.1, -0.05) is 135 Å². The first kappa shape index (κ1) is 38.8. The van der Waals surface area contributed by atoms with Crippen molar-refractivity contribution in [2.24, 2.45) is 5.92 Å². The summed E-state index contributed by atoms with van der Waals surface area (Å²) in [7, 11) is 1.24. The molecule has 1 aliphatic carbocycles. The molecule has 5 aromatic carbocycles. The van der Waals surface area contributed by atoms with Crippen molar-refractivity contribution in [1.82, 2.24) is 10.6 Å². The summed E-state index contributed by atoms with van der Waals surface area (Å²) in [5.74, 6) is -1.52. The van der Waals surface area contributed by atoms with Crippen LogP contribution in [0.5, 0.6) is 0 Å².